The van der Waals surface area contributed by atoms with Gasteiger partial charge in [-0.2, -0.15) is 0 Å². The van der Waals surface area contributed by atoms with E-state index in [1.807, 2.05) is 30.3 Å². The average Bonchev–Trinajstić information content (AvgIpc) is 3.26. The van der Waals surface area contributed by atoms with Gasteiger partial charge in [-0.15, -0.1) is 0 Å². The van der Waals surface area contributed by atoms with Gasteiger partial charge in [0.25, 0.3) is 5.91 Å². The van der Waals surface area contributed by atoms with E-state index in [2.05, 4.69) is 5.32 Å². The molecule has 160 valence electrons. The van der Waals surface area contributed by atoms with Crippen molar-refractivity contribution in [3.05, 3.63) is 59.7 Å². The highest BCUT2D eigenvalue weighted by molar-refractivity contribution is 5.98. The van der Waals surface area contributed by atoms with Gasteiger partial charge in [0.2, 0.25) is 0 Å². The fraction of sp³-hybridized carbons (Fsp3) is 0.417. The van der Waals surface area contributed by atoms with Crippen molar-refractivity contribution < 1.29 is 24.2 Å². The molecule has 0 bridgehead atoms. The quantitative estimate of drug-likeness (QED) is 0.645. The summed E-state index contributed by atoms with van der Waals surface area (Å²) in [4.78, 5) is 25.2. The molecular weight excluding hydrogens is 382 g/mol. The molecule has 30 heavy (non-hydrogen) atoms. The molecule has 1 fully saturated rings. The predicted molar refractivity (Wildman–Crippen MR) is 114 cm³/mol. The van der Waals surface area contributed by atoms with Gasteiger partial charge in [0.1, 0.15) is 5.54 Å². The maximum absolute atomic E-state index is 13.0. The molecule has 0 radical (unpaired) electrons. The molecule has 1 saturated carbocycles. The maximum Gasteiger partial charge on any atom is 0.329 e. The Morgan fingerprint density at radius 1 is 1.10 bits per heavy atom. The molecule has 0 heterocycles. The smallest absolute Gasteiger partial charge is 0.329 e. The second-order valence-corrected chi connectivity index (χ2v) is 7.75. The zero-order valence-corrected chi connectivity index (χ0v) is 17.5. The second-order valence-electron chi connectivity index (χ2n) is 7.75. The zero-order chi connectivity index (χ0) is 21.6. The summed E-state index contributed by atoms with van der Waals surface area (Å²) in [5.74, 6) is -0.437. The molecule has 2 aromatic carbocycles. The van der Waals surface area contributed by atoms with Crippen LogP contribution in [0.2, 0.25) is 0 Å². The molecule has 6 heteroatoms. The minimum absolute atomic E-state index is 0.115. The first kappa shape index (κ1) is 21.7. The number of rotatable bonds is 9. The topological polar surface area (TPSA) is 84.9 Å². The number of amides is 1. The fourth-order valence-electron chi connectivity index (χ4n) is 3.87. The Bertz CT molecular complexity index is 876. The number of aliphatic carboxylic acids is 1. The van der Waals surface area contributed by atoms with Crippen molar-refractivity contribution in [3.63, 3.8) is 0 Å². The molecule has 0 saturated heterocycles. The van der Waals surface area contributed by atoms with Crippen LogP contribution in [-0.4, -0.2) is 35.7 Å². The summed E-state index contributed by atoms with van der Waals surface area (Å²) in [7, 11) is 1.56. The van der Waals surface area contributed by atoms with Crippen molar-refractivity contribution in [2.45, 2.75) is 57.1 Å². The Balaban J connectivity index is 1.83. The number of nitrogens with one attached hydrogen (secondary N) is 1. The number of carboxylic acid groups (broad SMARTS) is 1. The third kappa shape index (κ3) is 4.93. The van der Waals surface area contributed by atoms with E-state index < -0.39 is 17.4 Å². The fourth-order valence-corrected chi connectivity index (χ4v) is 3.87. The van der Waals surface area contributed by atoms with Crippen LogP contribution in [0, 0.1) is 0 Å². The summed E-state index contributed by atoms with van der Waals surface area (Å²) in [5, 5.41) is 12.7. The lowest BCUT2D eigenvalue weighted by atomic mass is 9.87. The number of carbonyl (C=O) groups is 2. The number of ether oxygens (including phenoxy) is 2. The van der Waals surface area contributed by atoms with Crippen LogP contribution in [0.3, 0.4) is 0 Å². The van der Waals surface area contributed by atoms with Gasteiger partial charge in [0, 0.05) is 12.0 Å². The van der Waals surface area contributed by atoms with Crippen LogP contribution < -0.4 is 14.8 Å². The van der Waals surface area contributed by atoms with Crippen LogP contribution >= 0.6 is 0 Å². The molecule has 2 N–H and O–H groups in total. The Morgan fingerprint density at radius 3 is 2.40 bits per heavy atom. The predicted octanol–water partition coefficient (Wildman–Crippen LogP) is 4.22. The highest BCUT2D eigenvalue weighted by Crippen LogP contribution is 2.32. The Morgan fingerprint density at radius 2 is 1.80 bits per heavy atom. The minimum atomic E-state index is -1.40. The van der Waals surface area contributed by atoms with Gasteiger partial charge in [0.05, 0.1) is 13.2 Å². The molecule has 3 rings (SSSR count). The first-order valence-electron chi connectivity index (χ1n) is 10.4. The number of benzene rings is 2. The Labute approximate surface area is 177 Å². The Hall–Kier alpha value is -3.02. The molecule has 0 spiro atoms. The van der Waals surface area contributed by atoms with Gasteiger partial charge < -0.3 is 19.9 Å². The van der Waals surface area contributed by atoms with Crippen LogP contribution in [0.1, 0.15) is 54.9 Å². The molecule has 0 aromatic heterocycles. The van der Waals surface area contributed by atoms with Crippen molar-refractivity contribution in [1.82, 2.24) is 5.32 Å². The van der Waals surface area contributed by atoms with E-state index in [0.717, 1.165) is 31.2 Å². The van der Waals surface area contributed by atoms with E-state index in [4.69, 9.17) is 9.47 Å². The maximum atomic E-state index is 13.0. The van der Waals surface area contributed by atoms with Crippen molar-refractivity contribution in [2.24, 2.45) is 0 Å². The van der Waals surface area contributed by atoms with E-state index in [-0.39, 0.29) is 18.9 Å². The highest BCUT2D eigenvalue weighted by Gasteiger charge is 2.39. The van der Waals surface area contributed by atoms with Crippen LogP contribution in [-0.2, 0) is 11.2 Å². The van der Waals surface area contributed by atoms with Crippen molar-refractivity contribution in [2.75, 3.05) is 7.11 Å². The van der Waals surface area contributed by atoms with E-state index in [9.17, 15) is 14.7 Å². The summed E-state index contributed by atoms with van der Waals surface area (Å²) >= 11 is 0. The molecule has 6 nitrogen and oxygen atoms in total. The number of hydrogen-bond donors (Lipinski definition) is 2. The van der Waals surface area contributed by atoms with Gasteiger partial charge in [-0.25, -0.2) is 4.79 Å². The van der Waals surface area contributed by atoms with Crippen molar-refractivity contribution in [1.29, 1.82) is 0 Å². The summed E-state index contributed by atoms with van der Waals surface area (Å²) in [6, 6.07) is 14.3. The van der Waals surface area contributed by atoms with Crippen LogP contribution in [0.4, 0.5) is 0 Å². The van der Waals surface area contributed by atoms with Crippen molar-refractivity contribution in [3.8, 4) is 11.5 Å². The van der Waals surface area contributed by atoms with E-state index >= 15 is 0 Å². The molecule has 1 atom stereocenters. The summed E-state index contributed by atoms with van der Waals surface area (Å²) < 4.78 is 11.4. The molecule has 2 aromatic rings. The number of hydrogen-bond acceptors (Lipinski definition) is 4. The molecule has 0 unspecified atom stereocenters. The van der Waals surface area contributed by atoms with Gasteiger partial charge in [0.15, 0.2) is 11.5 Å². The summed E-state index contributed by atoms with van der Waals surface area (Å²) in [6.07, 6.45) is 4.79. The molecule has 0 aliphatic heterocycles. The van der Waals surface area contributed by atoms with E-state index in [1.165, 1.54) is 0 Å². The molecular formula is C24H29NO5. The Kier molecular flexibility index (Phi) is 6.98. The molecule has 1 amide bonds. The molecule has 1 aliphatic carbocycles. The zero-order valence-electron chi connectivity index (χ0n) is 17.5. The standard InChI is InChI=1S/C24H29NO5/c1-3-24(23(27)28,16-17-9-5-4-6-10-17)25-22(26)18-13-14-20(29-2)21(15-18)30-19-11-7-8-12-19/h4-6,9-10,13-15,19H,3,7-8,11-12,16H2,1-2H3,(H,25,26)(H,27,28)/t24-/m0/s1. The van der Waals surface area contributed by atoms with Crippen LogP contribution in [0.5, 0.6) is 11.5 Å². The number of carbonyl (C=O) groups excluding carboxylic acids is 1. The van der Waals surface area contributed by atoms with Gasteiger partial charge >= 0.3 is 5.97 Å². The van der Waals surface area contributed by atoms with Crippen LogP contribution in [0.15, 0.2) is 48.5 Å². The lowest BCUT2D eigenvalue weighted by Gasteiger charge is -2.30. The second kappa shape index (κ2) is 9.65. The summed E-state index contributed by atoms with van der Waals surface area (Å²) in [5.41, 5.74) is -0.205. The first-order chi connectivity index (χ1) is 14.5. The normalized spacial score (nSPS) is 15.9. The largest absolute Gasteiger partial charge is 0.493 e. The summed E-state index contributed by atoms with van der Waals surface area (Å²) in [6.45, 7) is 1.76. The lowest BCUT2D eigenvalue weighted by molar-refractivity contribution is -0.144. The lowest BCUT2D eigenvalue weighted by Crippen LogP contribution is -2.55. The van der Waals surface area contributed by atoms with Gasteiger partial charge in [-0.3, -0.25) is 4.79 Å². The van der Waals surface area contributed by atoms with Crippen LogP contribution in [0.25, 0.3) is 0 Å². The van der Waals surface area contributed by atoms with Gasteiger partial charge in [-0.05, 0) is 55.9 Å². The molecule has 1 aliphatic rings. The average molecular weight is 411 g/mol. The van der Waals surface area contributed by atoms with Crippen molar-refractivity contribution >= 4 is 11.9 Å². The first-order valence-corrected chi connectivity index (χ1v) is 10.4. The minimum Gasteiger partial charge on any atom is -0.493 e. The third-order valence-corrected chi connectivity index (χ3v) is 5.74. The highest BCUT2D eigenvalue weighted by atomic mass is 16.5. The monoisotopic (exact) mass is 411 g/mol. The third-order valence-electron chi connectivity index (χ3n) is 5.74. The van der Waals surface area contributed by atoms with Gasteiger partial charge in [-0.1, -0.05) is 37.3 Å². The van der Waals surface area contributed by atoms with E-state index in [0.29, 0.717) is 17.1 Å². The number of methoxy groups -OCH3 is 1. The SMILES string of the molecule is CC[C@@](Cc1ccccc1)(NC(=O)c1ccc(OC)c(OC2CCCC2)c1)C(=O)O. The number of carboxylic acids is 1. The van der Waals surface area contributed by atoms with E-state index in [1.54, 1.807) is 32.2 Å².